The van der Waals surface area contributed by atoms with Gasteiger partial charge in [0.2, 0.25) is 0 Å². The summed E-state index contributed by atoms with van der Waals surface area (Å²) in [5.41, 5.74) is 0.925. The smallest absolute Gasteiger partial charge is 0.135 e. The van der Waals surface area contributed by atoms with Gasteiger partial charge >= 0.3 is 0 Å². The number of hydrogen-bond acceptors (Lipinski definition) is 2. The number of aromatic amines is 1. The largest absolute Gasteiger partial charge is 0.348 e. The van der Waals surface area contributed by atoms with Gasteiger partial charge in [-0.25, -0.2) is 4.98 Å². The van der Waals surface area contributed by atoms with Gasteiger partial charge in [0.15, 0.2) is 0 Å². The SMILES string of the molecule is O=CC(c1cccc(Br)c1)c1ncc[nH]1. The normalized spacial score (nSPS) is 12.3. The van der Waals surface area contributed by atoms with Crippen LogP contribution in [0.25, 0.3) is 0 Å². The Balaban J connectivity index is 2.39. The molecule has 0 radical (unpaired) electrons. The van der Waals surface area contributed by atoms with E-state index in [0.29, 0.717) is 5.82 Å². The minimum absolute atomic E-state index is 0.322. The van der Waals surface area contributed by atoms with Crippen molar-refractivity contribution in [2.75, 3.05) is 0 Å². The Labute approximate surface area is 95.7 Å². The molecule has 0 aliphatic carbocycles. The molecule has 1 unspecified atom stereocenters. The highest BCUT2D eigenvalue weighted by atomic mass is 79.9. The van der Waals surface area contributed by atoms with Crippen molar-refractivity contribution in [1.82, 2.24) is 9.97 Å². The molecule has 4 heteroatoms. The molecule has 1 aromatic heterocycles. The van der Waals surface area contributed by atoms with Crippen LogP contribution in [0.4, 0.5) is 0 Å². The summed E-state index contributed by atoms with van der Waals surface area (Å²) >= 11 is 3.38. The van der Waals surface area contributed by atoms with Crippen LogP contribution >= 0.6 is 15.9 Å². The fraction of sp³-hybridized carbons (Fsp3) is 0.0909. The summed E-state index contributed by atoms with van der Waals surface area (Å²) in [5, 5.41) is 0. The molecular formula is C11H9BrN2O. The van der Waals surface area contributed by atoms with E-state index in [1.54, 1.807) is 12.4 Å². The topological polar surface area (TPSA) is 45.8 Å². The number of nitrogens with one attached hydrogen (secondary N) is 1. The molecule has 15 heavy (non-hydrogen) atoms. The highest BCUT2D eigenvalue weighted by molar-refractivity contribution is 9.10. The third kappa shape index (κ3) is 2.15. The van der Waals surface area contributed by atoms with E-state index in [2.05, 4.69) is 25.9 Å². The Morgan fingerprint density at radius 3 is 2.93 bits per heavy atom. The second kappa shape index (κ2) is 4.40. The number of aromatic nitrogens is 2. The maximum atomic E-state index is 11.0. The van der Waals surface area contributed by atoms with Gasteiger partial charge in [0, 0.05) is 16.9 Å². The summed E-state index contributed by atoms with van der Waals surface area (Å²) < 4.78 is 0.957. The van der Waals surface area contributed by atoms with E-state index in [1.165, 1.54) is 0 Å². The third-order valence-electron chi connectivity index (χ3n) is 2.16. The van der Waals surface area contributed by atoms with Crippen LogP contribution in [0.1, 0.15) is 17.3 Å². The van der Waals surface area contributed by atoms with Crippen LogP contribution in [-0.2, 0) is 4.79 Å². The van der Waals surface area contributed by atoms with Gasteiger partial charge in [-0.15, -0.1) is 0 Å². The summed E-state index contributed by atoms with van der Waals surface area (Å²) in [7, 11) is 0. The van der Waals surface area contributed by atoms with Crippen LogP contribution < -0.4 is 0 Å². The fourth-order valence-corrected chi connectivity index (χ4v) is 1.87. The van der Waals surface area contributed by atoms with Crippen molar-refractivity contribution < 1.29 is 4.79 Å². The molecule has 0 aliphatic rings. The van der Waals surface area contributed by atoms with Gasteiger partial charge < -0.3 is 9.78 Å². The van der Waals surface area contributed by atoms with E-state index in [0.717, 1.165) is 16.3 Å². The van der Waals surface area contributed by atoms with Gasteiger partial charge in [0.25, 0.3) is 0 Å². The van der Waals surface area contributed by atoms with E-state index < -0.39 is 0 Å². The number of hydrogen-bond donors (Lipinski definition) is 1. The van der Waals surface area contributed by atoms with Gasteiger partial charge in [-0.2, -0.15) is 0 Å². The highest BCUT2D eigenvalue weighted by Gasteiger charge is 2.15. The molecule has 0 fully saturated rings. The summed E-state index contributed by atoms with van der Waals surface area (Å²) in [6.45, 7) is 0. The van der Waals surface area contributed by atoms with Crippen LogP contribution in [0.15, 0.2) is 41.1 Å². The van der Waals surface area contributed by atoms with Gasteiger partial charge in [0.05, 0.1) is 5.92 Å². The van der Waals surface area contributed by atoms with Crippen LogP contribution in [0.2, 0.25) is 0 Å². The third-order valence-corrected chi connectivity index (χ3v) is 2.65. The zero-order valence-electron chi connectivity index (χ0n) is 7.85. The predicted molar refractivity (Wildman–Crippen MR) is 60.6 cm³/mol. The molecule has 1 atom stereocenters. The summed E-state index contributed by atoms with van der Waals surface area (Å²) in [6, 6.07) is 7.65. The minimum Gasteiger partial charge on any atom is -0.348 e. The first-order valence-corrected chi connectivity index (χ1v) is 5.30. The first kappa shape index (κ1) is 10.1. The lowest BCUT2D eigenvalue weighted by molar-refractivity contribution is -0.108. The molecule has 0 saturated heterocycles. The Morgan fingerprint density at radius 1 is 1.47 bits per heavy atom. The van der Waals surface area contributed by atoms with E-state index in [9.17, 15) is 4.79 Å². The molecule has 0 spiro atoms. The monoisotopic (exact) mass is 264 g/mol. The molecule has 3 nitrogen and oxygen atoms in total. The lowest BCUT2D eigenvalue weighted by Gasteiger charge is -2.07. The van der Waals surface area contributed by atoms with Crippen molar-refractivity contribution in [3.05, 3.63) is 52.5 Å². The van der Waals surface area contributed by atoms with Crippen molar-refractivity contribution in [3.8, 4) is 0 Å². The van der Waals surface area contributed by atoms with Crippen molar-refractivity contribution in [3.63, 3.8) is 0 Å². The highest BCUT2D eigenvalue weighted by Crippen LogP contribution is 2.22. The molecule has 2 rings (SSSR count). The van der Waals surface area contributed by atoms with E-state index in [-0.39, 0.29) is 5.92 Å². The van der Waals surface area contributed by atoms with Gasteiger partial charge in [0.1, 0.15) is 12.1 Å². The van der Waals surface area contributed by atoms with Crippen LogP contribution in [0.5, 0.6) is 0 Å². The van der Waals surface area contributed by atoms with Gasteiger partial charge in [-0.3, -0.25) is 0 Å². The molecule has 0 saturated carbocycles. The Kier molecular flexibility index (Phi) is 2.97. The minimum atomic E-state index is -0.322. The molecule has 0 aliphatic heterocycles. The number of nitrogens with zero attached hydrogens (tertiary/aromatic N) is 1. The molecule has 76 valence electrons. The number of aldehydes is 1. The first-order chi connectivity index (χ1) is 7.31. The molecule has 0 amide bonds. The number of H-pyrrole nitrogens is 1. The van der Waals surface area contributed by atoms with Crippen molar-refractivity contribution in [2.45, 2.75) is 5.92 Å². The van der Waals surface area contributed by atoms with E-state index in [1.807, 2.05) is 24.3 Å². The number of carbonyl (C=O) groups is 1. The second-order valence-corrected chi connectivity index (χ2v) is 4.06. The quantitative estimate of drug-likeness (QED) is 0.866. The van der Waals surface area contributed by atoms with Crippen LogP contribution in [0.3, 0.4) is 0 Å². The summed E-state index contributed by atoms with van der Waals surface area (Å²) in [6.07, 6.45) is 4.24. The molecule has 0 bridgehead atoms. The number of imidazole rings is 1. The average molecular weight is 265 g/mol. The Bertz CT molecular complexity index is 453. The van der Waals surface area contributed by atoms with Gasteiger partial charge in [-0.1, -0.05) is 28.1 Å². The second-order valence-electron chi connectivity index (χ2n) is 3.14. The Hall–Kier alpha value is -1.42. The summed E-state index contributed by atoms with van der Waals surface area (Å²) in [4.78, 5) is 18.1. The zero-order chi connectivity index (χ0) is 10.7. The number of halogens is 1. The lowest BCUT2D eigenvalue weighted by Crippen LogP contribution is -2.04. The molecule has 1 heterocycles. The van der Waals surface area contributed by atoms with E-state index in [4.69, 9.17) is 0 Å². The lowest BCUT2D eigenvalue weighted by atomic mass is 10.0. The maximum absolute atomic E-state index is 11.0. The van der Waals surface area contributed by atoms with Crippen molar-refractivity contribution in [1.29, 1.82) is 0 Å². The average Bonchev–Trinajstić information content (AvgIpc) is 2.72. The van der Waals surface area contributed by atoms with Crippen LogP contribution in [-0.4, -0.2) is 16.3 Å². The number of benzene rings is 1. The van der Waals surface area contributed by atoms with Gasteiger partial charge in [-0.05, 0) is 17.7 Å². The molecule has 1 N–H and O–H groups in total. The molecule has 1 aromatic carbocycles. The van der Waals surface area contributed by atoms with Crippen molar-refractivity contribution in [2.24, 2.45) is 0 Å². The fourth-order valence-electron chi connectivity index (χ4n) is 1.45. The molecule has 2 aromatic rings. The summed E-state index contributed by atoms with van der Waals surface area (Å²) in [5.74, 6) is 0.348. The number of rotatable bonds is 3. The maximum Gasteiger partial charge on any atom is 0.135 e. The van der Waals surface area contributed by atoms with E-state index >= 15 is 0 Å². The van der Waals surface area contributed by atoms with Crippen molar-refractivity contribution >= 4 is 22.2 Å². The molecular weight excluding hydrogens is 256 g/mol. The first-order valence-electron chi connectivity index (χ1n) is 4.51. The predicted octanol–water partition coefficient (Wildman–Crippen LogP) is 2.50. The number of carbonyl (C=O) groups excluding carboxylic acids is 1. The standard InChI is InChI=1S/C11H9BrN2O/c12-9-3-1-2-8(6-9)10(7-15)11-13-4-5-14-11/h1-7,10H,(H,13,14). The Morgan fingerprint density at radius 2 is 2.33 bits per heavy atom. The zero-order valence-corrected chi connectivity index (χ0v) is 9.44. The van der Waals surface area contributed by atoms with Crippen LogP contribution in [0, 0.1) is 0 Å².